The van der Waals surface area contributed by atoms with Gasteiger partial charge in [-0.05, 0) is 49.2 Å². The minimum absolute atomic E-state index is 0.0395. The van der Waals surface area contributed by atoms with Gasteiger partial charge in [0.2, 0.25) is 0 Å². The van der Waals surface area contributed by atoms with Crippen molar-refractivity contribution in [3.8, 4) is 11.5 Å². The quantitative estimate of drug-likeness (QED) is 0.793. The molecule has 0 radical (unpaired) electrons. The Bertz CT molecular complexity index is 599. The minimum Gasteiger partial charge on any atom is -0.490 e. The first-order valence-corrected chi connectivity index (χ1v) is 7.73. The molecule has 0 spiro atoms. The van der Waals surface area contributed by atoms with Crippen LogP contribution >= 0.6 is 15.9 Å². The molecule has 21 heavy (non-hydrogen) atoms. The Balaban J connectivity index is 1.83. The molecule has 0 bridgehead atoms. The molecule has 2 aromatic carbocycles. The largest absolute Gasteiger partial charge is 0.490 e. The van der Waals surface area contributed by atoms with Crippen LogP contribution in [-0.2, 0) is 0 Å². The smallest absolute Gasteiger partial charge is 0.122 e. The first-order chi connectivity index (χ1) is 10.1. The highest BCUT2D eigenvalue weighted by Gasteiger charge is 2.04. The van der Waals surface area contributed by atoms with E-state index in [-0.39, 0.29) is 6.04 Å². The van der Waals surface area contributed by atoms with Crippen LogP contribution in [0.4, 0.5) is 0 Å². The first-order valence-electron chi connectivity index (χ1n) is 6.93. The zero-order valence-electron chi connectivity index (χ0n) is 12.3. The molecule has 0 amide bonds. The number of hydrogen-bond donors (Lipinski definition) is 1. The molecule has 0 saturated heterocycles. The van der Waals surface area contributed by atoms with Gasteiger partial charge in [-0.3, -0.25) is 0 Å². The second kappa shape index (κ2) is 7.48. The van der Waals surface area contributed by atoms with E-state index in [2.05, 4.69) is 22.0 Å². The SMILES string of the molecule is Cc1cc([C@@H](C)N)ccc1OCCOc1cccc(Br)c1. The second-order valence-electron chi connectivity index (χ2n) is 4.97. The number of rotatable bonds is 6. The van der Waals surface area contributed by atoms with Crippen molar-refractivity contribution in [3.63, 3.8) is 0 Å². The Morgan fingerprint density at radius 1 is 1.10 bits per heavy atom. The van der Waals surface area contributed by atoms with Crippen LogP contribution in [0.15, 0.2) is 46.9 Å². The first kappa shape index (κ1) is 15.9. The number of ether oxygens (including phenoxy) is 2. The number of benzene rings is 2. The lowest BCUT2D eigenvalue weighted by Gasteiger charge is -2.13. The summed E-state index contributed by atoms with van der Waals surface area (Å²) in [7, 11) is 0. The zero-order valence-corrected chi connectivity index (χ0v) is 13.9. The third-order valence-corrected chi connectivity index (χ3v) is 3.62. The molecule has 0 heterocycles. The summed E-state index contributed by atoms with van der Waals surface area (Å²) < 4.78 is 12.4. The van der Waals surface area contributed by atoms with E-state index in [1.807, 2.05) is 50.2 Å². The molecule has 4 heteroatoms. The van der Waals surface area contributed by atoms with E-state index in [0.29, 0.717) is 13.2 Å². The van der Waals surface area contributed by atoms with Crippen LogP contribution in [0, 0.1) is 6.92 Å². The van der Waals surface area contributed by atoms with Crippen LogP contribution < -0.4 is 15.2 Å². The van der Waals surface area contributed by atoms with Gasteiger partial charge in [0, 0.05) is 10.5 Å². The van der Waals surface area contributed by atoms with Crippen molar-refractivity contribution < 1.29 is 9.47 Å². The molecule has 0 saturated carbocycles. The van der Waals surface area contributed by atoms with Crippen LogP contribution in [0.5, 0.6) is 11.5 Å². The number of nitrogens with two attached hydrogens (primary N) is 1. The Morgan fingerprint density at radius 3 is 2.52 bits per heavy atom. The molecule has 0 aliphatic rings. The van der Waals surface area contributed by atoms with Crippen LogP contribution in [0.25, 0.3) is 0 Å². The molecule has 2 N–H and O–H groups in total. The maximum Gasteiger partial charge on any atom is 0.122 e. The summed E-state index contributed by atoms with van der Waals surface area (Å²) in [4.78, 5) is 0. The number of aryl methyl sites for hydroxylation is 1. The van der Waals surface area contributed by atoms with Crippen LogP contribution in [-0.4, -0.2) is 13.2 Å². The predicted molar refractivity (Wildman–Crippen MR) is 88.9 cm³/mol. The van der Waals surface area contributed by atoms with Crippen molar-refractivity contribution in [1.29, 1.82) is 0 Å². The van der Waals surface area contributed by atoms with E-state index in [1.165, 1.54) is 0 Å². The van der Waals surface area contributed by atoms with Crippen LogP contribution in [0.3, 0.4) is 0 Å². The summed E-state index contributed by atoms with van der Waals surface area (Å²) in [5, 5.41) is 0. The predicted octanol–water partition coefficient (Wildman–Crippen LogP) is 4.24. The van der Waals surface area contributed by atoms with Gasteiger partial charge in [0.1, 0.15) is 24.7 Å². The van der Waals surface area contributed by atoms with E-state index in [0.717, 1.165) is 27.1 Å². The average Bonchev–Trinajstić information content (AvgIpc) is 2.45. The van der Waals surface area contributed by atoms with Gasteiger partial charge in [-0.1, -0.05) is 34.1 Å². The van der Waals surface area contributed by atoms with Gasteiger partial charge in [0.05, 0.1) is 0 Å². The molecule has 2 aromatic rings. The molecule has 2 rings (SSSR count). The molecule has 1 atom stereocenters. The van der Waals surface area contributed by atoms with Gasteiger partial charge in [0.15, 0.2) is 0 Å². The summed E-state index contributed by atoms with van der Waals surface area (Å²) in [5.41, 5.74) is 8.07. The fourth-order valence-corrected chi connectivity index (χ4v) is 2.36. The molecule has 0 aliphatic carbocycles. The molecule has 0 aromatic heterocycles. The lowest BCUT2D eigenvalue weighted by atomic mass is 10.1. The van der Waals surface area contributed by atoms with Crippen molar-refractivity contribution in [3.05, 3.63) is 58.1 Å². The highest BCUT2D eigenvalue weighted by Crippen LogP contribution is 2.22. The van der Waals surface area contributed by atoms with Crippen molar-refractivity contribution in [2.24, 2.45) is 5.73 Å². The van der Waals surface area contributed by atoms with Crippen molar-refractivity contribution >= 4 is 15.9 Å². The molecule has 0 unspecified atom stereocenters. The zero-order chi connectivity index (χ0) is 15.2. The fourth-order valence-electron chi connectivity index (χ4n) is 1.99. The van der Waals surface area contributed by atoms with Crippen LogP contribution in [0.2, 0.25) is 0 Å². The Labute approximate surface area is 134 Å². The summed E-state index contributed by atoms with van der Waals surface area (Å²) >= 11 is 3.41. The Kier molecular flexibility index (Phi) is 5.65. The van der Waals surface area contributed by atoms with E-state index in [4.69, 9.17) is 15.2 Å². The maximum atomic E-state index is 5.87. The van der Waals surface area contributed by atoms with Crippen molar-refractivity contribution in [2.45, 2.75) is 19.9 Å². The second-order valence-corrected chi connectivity index (χ2v) is 5.88. The third kappa shape index (κ3) is 4.76. The van der Waals surface area contributed by atoms with E-state index >= 15 is 0 Å². The Hall–Kier alpha value is -1.52. The average molecular weight is 350 g/mol. The lowest BCUT2D eigenvalue weighted by Crippen LogP contribution is -2.10. The van der Waals surface area contributed by atoms with Gasteiger partial charge in [-0.25, -0.2) is 0 Å². The third-order valence-electron chi connectivity index (χ3n) is 3.13. The molecular weight excluding hydrogens is 330 g/mol. The van der Waals surface area contributed by atoms with Crippen molar-refractivity contribution in [1.82, 2.24) is 0 Å². The highest BCUT2D eigenvalue weighted by molar-refractivity contribution is 9.10. The fraction of sp³-hybridized carbons (Fsp3) is 0.294. The maximum absolute atomic E-state index is 5.87. The minimum atomic E-state index is 0.0395. The van der Waals surface area contributed by atoms with Gasteiger partial charge in [-0.15, -0.1) is 0 Å². The van der Waals surface area contributed by atoms with E-state index in [9.17, 15) is 0 Å². The molecule has 0 fully saturated rings. The summed E-state index contributed by atoms with van der Waals surface area (Å²) in [5.74, 6) is 1.70. The van der Waals surface area contributed by atoms with E-state index < -0.39 is 0 Å². The van der Waals surface area contributed by atoms with Gasteiger partial charge >= 0.3 is 0 Å². The van der Waals surface area contributed by atoms with Crippen LogP contribution in [0.1, 0.15) is 24.1 Å². The molecular formula is C17H20BrNO2. The number of hydrogen-bond acceptors (Lipinski definition) is 3. The summed E-state index contributed by atoms with van der Waals surface area (Å²) in [6.07, 6.45) is 0. The monoisotopic (exact) mass is 349 g/mol. The number of halogens is 1. The van der Waals surface area contributed by atoms with E-state index in [1.54, 1.807) is 0 Å². The molecule has 112 valence electrons. The molecule has 0 aliphatic heterocycles. The van der Waals surface area contributed by atoms with Crippen molar-refractivity contribution in [2.75, 3.05) is 13.2 Å². The lowest BCUT2D eigenvalue weighted by molar-refractivity contribution is 0.216. The molecule has 3 nitrogen and oxygen atoms in total. The van der Waals surface area contributed by atoms with Gasteiger partial charge in [-0.2, -0.15) is 0 Å². The van der Waals surface area contributed by atoms with Gasteiger partial charge < -0.3 is 15.2 Å². The summed E-state index contributed by atoms with van der Waals surface area (Å²) in [6, 6.07) is 13.8. The highest BCUT2D eigenvalue weighted by atomic mass is 79.9. The Morgan fingerprint density at radius 2 is 1.86 bits per heavy atom. The van der Waals surface area contributed by atoms with Gasteiger partial charge in [0.25, 0.3) is 0 Å². The summed E-state index contributed by atoms with van der Waals surface area (Å²) in [6.45, 7) is 5.01. The standard InChI is InChI=1S/C17H20BrNO2/c1-12-10-14(13(2)19)6-7-17(12)21-9-8-20-16-5-3-4-15(18)11-16/h3-7,10-11,13H,8-9,19H2,1-2H3/t13-/m1/s1. The normalized spacial score (nSPS) is 12.0. The topological polar surface area (TPSA) is 44.5 Å².